The van der Waals surface area contributed by atoms with Crippen molar-refractivity contribution in [2.45, 2.75) is 26.8 Å². The van der Waals surface area contributed by atoms with Crippen LogP contribution in [0.25, 0.3) is 33.2 Å². The summed E-state index contributed by atoms with van der Waals surface area (Å²) in [4.78, 5) is 26.4. The van der Waals surface area contributed by atoms with Crippen molar-refractivity contribution in [2.24, 2.45) is 0 Å². The van der Waals surface area contributed by atoms with E-state index in [4.69, 9.17) is 9.97 Å². The second-order valence-corrected chi connectivity index (χ2v) is 7.36. The van der Waals surface area contributed by atoms with E-state index in [1.165, 1.54) is 0 Å². The lowest BCUT2D eigenvalue weighted by Gasteiger charge is -2.25. The van der Waals surface area contributed by atoms with Crippen molar-refractivity contribution in [3.63, 3.8) is 0 Å². The maximum absolute atomic E-state index is 11.3. The van der Waals surface area contributed by atoms with Crippen LogP contribution in [0.1, 0.15) is 29.9 Å². The summed E-state index contributed by atoms with van der Waals surface area (Å²) in [6.07, 6.45) is 0. The molecule has 0 saturated carbocycles. The molecule has 0 saturated heterocycles. The monoisotopic (exact) mass is 374 g/mol. The highest BCUT2D eigenvalue weighted by Crippen LogP contribution is 2.32. The van der Waals surface area contributed by atoms with E-state index in [9.17, 15) is 9.90 Å². The maximum atomic E-state index is 11.3. The summed E-state index contributed by atoms with van der Waals surface area (Å²) >= 11 is 0. The number of fused-ring (bicyclic) bond motifs is 2. The number of rotatable bonds is 4. The SMILES string of the molecule is Cc1cc2cc(-c3nc4ccc(C(=O)O)cc4nc3N(C)C(C)C)ccc2[nH]1. The molecule has 0 aliphatic rings. The van der Waals surface area contributed by atoms with Crippen LogP contribution < -0.4 is 4.90 Å². The number of carboxylic acids is 1. The van der Waals surface area contributed by atoms with Crippen LogP contribution in [-0.4, -0.2) is 39.1 Å². The van der Waals surface area contributed by atoms with Gasteiger partial charge in [-0.1, -0.05) is 6.07 Å². The Morgan fingerprint density at radius 1 is 1.07 bits per heavy atom. The average Bonchev–Trinajstić information content (AvgIpc) is 3.04. The molecule has 142 valence electrons. The van der Waals surface area contributed by atoms with Gasteiger partial charge >= 0.3 is 5.97 Å². The van der Waals surface area contributed by atoms with Gasteiger partial charge in [-0.15, -0.1) is 0 Å². The van der Waals surface area contributed by atoms with Crippen LogP contribution in [0.2, 0.25) is 0 Å². The van der Waals surface area contributed by atoms with Gasteiger partial charge in [0, 0.05) is 35.2 Å². The van der Waals surface area contributed by atoms with E-state index in [2.05, 4.69) is 41.9 Å². The van der Waals surface area contributed by atoms with Crippen LogP contribution in [0, 0.1) is 6.92 Å². The van der Waals surface area contributed by atoms with Gasteiger partial charge in [-0.25, -0.2) is 14.8 Å². The first-order chi connectivity index (χ1) is 13.3. The van der Waals surface area contributed by atoms with E-state index in [1.54, 1.807) is 18.2 Å². The topological polar surface area (TPSA) is 82.1 Å². The van der Waals surface area contributed by atoms with E-state index in [0.29, 0.717) is 11.0 Å². The number of carboxylic acid groups (broad SMARTS) is 1. The molecule has 0 spiro atoms. The van der Waals surface area contributed by atoms with Gasteiger partial charge < -0.3 is 15.0 Å². The summed E-state index contributed by atoms with van der Waals surface area (Å²) in [7, 11) is 1.98. The lowest BCUT2D eigenvalue weighted by Crippen LogP contribution is -2.27. The van der Waals surface area contributed by atoms with Crippen LogP contribution >= 0.6 is 0 Å². The van der Waals surface area contributed by atoms with Crippen molar-refractivity contribution in [1.82, 2.24) is 15.0 Å². The zero-order valence-corrected chi connectivity index (χ0v) is 16.3. The van der Waals surface area contributed by atoms with E-state index < -0.39 is 5.97 Å². The minimum absolute atomic E-state index is 0.205. The van der Waals surface area contributed by atoms with Crippen LogP contribution in [-0.2, 0) is 0 Å². The summed E-state index contributed by atoms with van der Waals surface area (Å²) in [6.45, 7) is 6.21. The van der Waals surface area contributed by atoms with Gasteiger partial charge in [0.15, 0.2) is 5.82 Å². The molecule has 0 bridgehead atoms. The van der Waals surface area contributed by atoms with E-state index >= 15 is 0 Å². The molecule has 0 aliphatic carbocycles. The third kappa shape index (κ3) is 3.07. The number of H-pyrrole nitrogens is 1. The molecule has 4 aromatic rings. The molecule has 4 rings (SSSR count). The Morgan fingerprint density at radius 3 is 2.57 bits per heavy atom. The number of nitrogens with zero attached hydrogens (tertiary/aromatic N) is 3. The number of hydrogen-bond donors (Lipinski definition) is 2. The number of carbonyl (C=O) groups is 1. The highest BCUT2D eigenvalue weighted by Gasteiger charge is 2.18. The van der Waals surface area contributed by atoms with Gasteiger partial charge in [0.1, 0.15) is 5.69 Å². The number of hydrogen-bond acceptors (Lipinski definition) is 4. The molecule has 0 fully saturated rings. The first-order valence-electron chi connectivity index (χ1n) is 9.21. The fourth-order valence-corrected chi connectivity index (χ4v) is 3.29. The first kappa shape index (κ1) is 18.0. The van der Waals surface area contributed by atoms with Gasteiger partial charge in [0.2, 0.25) is 0 Å². The summed E-state index contributed by atoms with van der Waals surface area (Å²) in [5, 5.41) is 10.4. The van der Waals surface area contributed by atoms with Gasteiger partial charge in [-0.3, -0.25) is 0 Å². The number of aromatic nitrogens is 3. The molecule has 0 radical (unpaired) electrons. The molecule has 0 unspecified atom stereocenters. The smallest absolute Gasteiger partial charge is 0.335 e. The number of anilines is 1. The molecule has 2 aromatic heterocycles. The number of benzene rings is 2. The largest absolute Gasteiger partial charge is 0.478 e. The molecular formula is C22H22N4O2. The third-order valence-corrected chi connectivity index (χ3v) is 5.03. The predicted molar refractivity (Wildman–Crippen MR) is 112 cm³/mol. The minimum Gasteiger partial charge on any atom is -0.478 e. The van der Waals surface area contributed by atoms with Gasteiger partial charge in [0.25, 0.3) is 0 Å². The Kier molecular flexibility index (Phi) is 4.26. The quantitative estimate of drug-likeness (QED) is 0.544. The molecule has 28 heavy (non-hydrogen) atoms. The van der Waals surface area contributed by atoms with Crippen molar-refractivity contribution in [2.75, 3.05) is 11.9 Å². The molecule has 6 nitrogen and oxygen atoms in total. The Balaban J connectivity index is 1.97. The molecule has 2 heterocycles. The molecular weight excluding hydrogens is 352 g/mol. The van der Waals surface area contributed by atoms with Crippen LogP contribution in [0.15, 0.2) is 42.5 Å². The van der Waals surface area contributed by atoms with Crippen molar-refractivity contribution in [3.8, 4) is 11.3 Å². The fraction of sp³-hybridized carbons (Fsp3) is 0.227. The van der Waals surface area contributed by atoms with Gasteiger partial charge in [-0.05, 0) is 57.2 Å². The Hall–Kier alpha value is -3.41. The fourth-order valence-electron chi connectivity index (χ4n) is 3.29. The van der Waals surface area contributed by atoms with Crippen molar-refractivity contribution in [1.29, 1.82) is 0 Å². The second kappa shape index (κ2) is 6.64. The highest BCUT2D eigenvalue weighted by atomic mass is 16.4. The third-order valence-electron chi connectivity index (χ3n) is 5.03. The van der Waals surface area contributed by atoms with Crippen molar-refractivity contribution >= 4 is 33.7 Å². The molecule has 0 amide bonds. The Morgan fingerprint density at radius 2 is 1.86 bits per heavy atom. The van der Waals surface area contributed by atoms with E-state index in [-0.39, 0.29) is 11.6 Å². The summed E-state index contributed by atoms with van der Waals surface area (Å²) in [5.74, 6) is -0.239. The van der Waals surface area contributed by atoms with Crippen molar-refractivity contribution in [3.05, 3.63) is 53.7 Å². The lowest BCUT2D eigenvalue weighted by molar-refractivity contribution is 0.0697. The average molecular weight is 374 g/mol. The number of aryl methyl sites for hydroxylation is 1. The van der Waals surface area contributed by atoms with E-state index in [1.807, 2.05) is 20.0 Å². The Bertz CT molecular complexity index is 1210. The van der Waals surface area contributed by atoms with Crippen LogP contribution in [0.5, 0.6) is 0 Å². The summed E-state index contributed by atoms with van der Waals surface area (Å²) in [6, 6.07) is 13.4. The summed E-state index contributed by atoms with van der Waals surface area (Å²) in [5.41, 5.74) is 5.41. The standard InChI is InChI=1S/C22H22N4O2/c1-12(2)26(4)21-20(14-5-7-17-16(10-14)9-13(3)23-17)24-18-8-6-15(22(27)28)11-19(18)25-21/h5-12,23H,1-4H3,(H,27,28). The first-order valence-corrected chi connectivity index (χ1v) is 9.21. The Labute approximate surface area is 162 Å². The van der Waals surface area contributed by atoms with Crippen LogP contribution in [0.4, 0.5) is 5.82 Å². The minimum atomic E-state index is -0.972. The lowest BCUT2D eigenvalue weighted by atomic mass is 10.1. The zero-order valence-electron chi connectivity index (χ0n) is 16.3. The second-order valence-electron chi connectivity index (χ2n) is 7.36. The number of aromatic amines is 1. The van der Waals surface area contributed by atoms with Crippen molar-refractivity contribution < 1.29 is 9.90 Å². The number of nitrogens with one attached hydrogen (secondary N) is 1. The molecule has 2 aromatic carbocycles. The molecule has 6 heteroatoms. The van der Waals surface area contributed by atoms with Gasteiger partial charge in [0.05, 0.1) is 16.6 Å². The van der Waals surface area contributed by atoms with Crippen LogP contribution in [0.3, 0.4) is 0 Å². The normalized spacial score (nSPS) is 11.5. The maximum Gasteiger partial charge on any atom is 0.335 e. The molecule has 2 N–H and O–H groups in total. The van der Waals surface area contributed by atoms with E-state index in [0.717, 1.165) is 33.7 Å². The predicted octanol–water partition coefficient (Wildman–Crippen LogP) is 4.63. The molecule has 0 aliphatic heterocycles. The highest BCUT2D eigenvalue weighted by molar-refractivity contribution is 5.94. The summed E-state index contributed by atoms with van der Waals surface area (Å²) < 4.78 is 0. The zero-order chi connectivity index (χ0) is 20.0. The van der Waals surface area contributed by atoms with Gasteiger partial charge in [-0.2, -0.15) is 0 Å². The molecule has 0 atom stereocenters. The number of aromatic carboxylic acids is 1.